The topological polar surface area (TPSA) is 9.23 Å². The Hall–Kier alpha value is -2.28. The lowest BCUT2D eigenvalue weighted by Crippen LogP contribution is -1.93. The van der Waals surface area contributed by atoms with E-state index in [-0.39, 0.29) is 0 Å². The number of hydrogen-bond donors (Lipinski definition) is 0. The van der Waals surface area contributed by atoms with Crippen LogP contribution in [0.15, 0.2) is 66.7 Å². The van der Waals surface area contributed by atoms with Gasteiger partial charge < -0.3 is 4.74 Å². The minimum absolute atomic E-state index is 0.916. The van der Waals surface area contributed by atoms with Gasteiger partial charge >= 0.3 is 0 Å². The zero-order chi connectivity index (χ0) is 13.8. The first kappa shape index (κ1) is 12.7. The summed E-state index contributed by atoms with van der Waals surface area (Å²) in [5.41, 5.74) is 2.76. The van der Waals surface area contributed by atoms with Crippen molar-refractivity contribution in [2.45, 2.75) is 12.8 Å². The molecule has 0 spiro atoms. The third-order valence-corrected chi connectivity index (χ3v) is 3.72. The second-order valence-electron chi connectivity index (χ2n) is 4.99. The maximum atomic E-state index is 5.19. The molecule has 0 radical (unpaired) electrons. The first-order valence-corrected chi connectivity index (χ1v) is 6.96. The first-order chi connectivity index (χ1) is 9.86. The SMILES string of the molecule is COc1ccc(CCc2cccc3ccccc23)cc1. The summed E-state index contributed by atoms with van der Waals surface area (Å²) in [5, 5.41) is 2.68. The van der Waals surface area contributed by atoms with Crippen LogP contribution in [0, 0.1) is 0 Å². The van der Waals surface area contributed by atoms with Crippen LogP contribution in [0.3, 0.4) is 0 Å². The molecule has 0 amide bonds. The van der Waals surface area contributed by atoms with Gasteiger partial charge in [0.1, 0.15) is 5.75 Å². The van der Waals surface area contributed by atoms with Gasteiger partial charge in [0.2, 0.25) is 0 Å². The van der Waals surface area contributed by atoms with Crippen molar-refractivity contribution in [1.29, 1.82) is 0 Å². The van der Waals surface area contributed by atoms with E-state index < -0.39 is 0 Å². The monoisotopic (exact) mass is 262 g/mol. The largest absolute Gasteiger partial charge is 0.497 e. The van der Waals surface area contributed by atoms with Crippen molar-refractivity contribution in [3.8, 4) is 5.75 Å². The van der Waals surface area contributed by atoms with Crippen molar-refractivity contribution in [3.63, 3.8) is 0 Å². The molecule has 0 aliphatic rings. The Labute approximate surface area is 119 Å². The van der Waals surface area contributed by atoms with E-state index in [0.29, 0.717) is 0 Å². The predicted octanol–water partition coefficient (Wildman–Crippen LogP) is 4.63. The zero-order valence-corrected chi connectivity index (χ0v) is 11.7. The number of benzene rings is 3. The average Bonchev–Trinajstić information content (AvgIpc) is 2.53. The molecule has 0 saturated carbocycles. The second kappa shape index (κ2) is 5.79. The summed E-state index contributed by atoms with van der Waals surface area (Å²) in [5.74, 6) is 0.916. The summed E-state index contributed by atoms with van der Waals surface area (Å²) in [4.78, 5) is 0. The van der Waals surface area contributed by atoms with Crippen LogP contribution in [0.1, 0.15) is 11.1 Å². The summed E-state index contributed by atoms with van der Waals surface area (Å²) >= 11 is 0. The Morgan fingerprint density at radius 2 is 1.50 bits per heavy atom. The molecule has 20 heavy (non-hydrogen) atoms. The number of methoxy groups -OCH3 is 1. The highest BCUT2D eigenvalue weighted by atomic mass is 16.5. The lowest BCUT2D eigenvalue weighted by atomic mass is 9.98. The summed E-state index contributed by atoms with van der Waals surface area (Å²) < 4.78 is 5.19. The molecule has 0 bridgehead atoms. The number of hydrogen-bond acceptors (Lipinski definition) is 1. The van der Waals surface area contributed by atoms with E-state index in [0.717, 1.165) is 18.6 Å². The third kappa shape index (κ3) is 2.67. The van der Waals surface area contributed by atoms with Crippen LogP contribution in [-0.2, 0) is 12.8 Å². The highest BCUT2D eigenvalue weighted by molar-refractivity contribution is 5.85. The smallest absolute Gasteiger partial charge is 0.118 e. The first-order valence-electron chi connectivity index (χ1n) is 6.96. The molecular weight excluding hydrogens is 244 g/mol. The van der Waals surface area contributed by atoms with E-state index in [9.17, 15) is 0 Å². The zero-order valence-electron chi connectivity index (χ0n) is 11.7. The van der Waals surface area contributed by atoms with Crippen LogP contribution in [0.25, 0.3) is 10.8 Å². The minimum Gasteiger partial charge on any atom is -0.497 e. The third-order valence-electron chi connectivity index (χ3n) is 3.72. The van der Waals surface area contributed by atoms with Gasteiger partial charge in [-0.1, -0.05) is 54.6 Å². The van der Waals surface area contributed by atoms with Crippen LogP contribution in [0.4, 0.5) is 0 Å². The van der Waals surface area contributed by atoms with Crippen molar-refractivity contribution in [2.24, 2.45) is 0 Å². The van der Waals surface area contributed by atoms with Gasteiger partial charge in [0.25, 0.3) is 0 Å². The fourth-order valence-electron chi connectivity index (χ4n) is 2.58. The molecule has 0 atom stereocenters. The van der Waals surface area contributed by atoms with Gasteiger partial charge in [-0.3, -0.25) is 0 Å². The molecule has 0 aliphatic carbocycles. The summed E-state index contributed by atoms with van der Waals surface area (Å²) in [6.45, 7) is 0. The van der Waals surface area contributed by atoms with Crippen LogP contribution in [0.5, 0.6) is 5.75 Å². The van der Waals surface area contributed by atoms with Crippen molar-refractivity contribution in [2.75, 3.05) is 7.11 Å². The van der Waals surface area contributed by atoms with Gasteiger partial charge in [-0.15, -0.1) is 0 Å². The van der Waals surface area contributed by atoms with E-state index in [4.69, 9.17) is 4.74 Å². The molecule has 3 aromatic carbocycles. The van der Waals surface area contributed by atoms with Gasteiger partial charge in [-0.05, 0) is 46.9 Å². The molecule has 0 fully saturated rings. The van der Waals surface area contributed by atoms with Gasteiger partial charge in [-0.2, -0.15) is 0 Å². The average molecular weight is 262 g/mol. The minimum atomic E-state index is 0.916. The molecule has 100 valence electrons. The van der Waals surface area contributed by atoms with E-state index in [1.807, 2.05) is 12.1 Å². The van der Waals surface area contributed by atoms with Crippen LogP contribution < -0.4 is 4.74 Å². The molecular formula is C19H18O. The summed E-state index contributed by atoms with van der Waals surface area (Å²) in [6.07, 6.45) is 2.12. The molecule has 3 rings (SSSR count). The van der Waals surface area contributed by atoms with Gasteiger partial charge in [-0.25, -0.2) is 0 Å². The van der Waals surface area contributed by atoms with Gasteiger partial charge in [0, 0.05) is 0 Å². The summed E-state index contributed by atoms with van der Waals surface area (Å²) in [6, 6.07) is 23.5. The summed E-state index contributed by atoms with van der Waals surface area (Å²) in [7, 11) is 1.70. The molecule has 1 nitrogen and oxygen atoms in total. The molecule has 1 heteroatoms. The highest BCUT2D eigenvalue weighted by Crippen LogP contribution is 2.20. The Morgan fingerprint density at radius 3 is 2.30 bits per heavy atom. The van der Waals surface area contributed by atoms with Crippen LogP contribution in [0.2, 0.25) is 0 Å². The Balaban J connectivity index is 1.79. The number of ether oxygens (including phenoxy) is 1. The lowest BCUT2D eigenvalue weighted by molar-refractivity contribution is 0.414. The standard InChI is InChI=1S/C19H18O/c1-20-18-13-10-15(11-14-18)9-12-17-7-4-6-16-5-2-3-8-19(16)17/h2-8,10-11,13-14H,9,12H2,1H3. The van der Waals surface area contributed by atoms with E-state index in [1.54, 1.807) is 7.11 Å². The van der Waals surface area contributed by atoms with E-state index in [1.165, 1.54) is 21.9 Å². The van der Waals surface area contributed by atoms with Crippen molar-refractivity contribution < 1.29 is 4.74 Å². The van der Waals surface area contributed by atoms with Crippen molar-refractivity contribution in [3.05, 3.63) is 77.9 Å². The highest BCUT2D eigenvalue weighted by Gasteiger charge is 2.01. The number of fused-ring (bicyclic) bond motifs is 1. The van der Waals surface area contributed by atoms with Crippen molar-refractivity contribution in [1.82, 2.24) is 0 Å². The Morgan fingerprint density at radius 1 is 0.750 bits per heavy atom. The molecule has 0 N–H and O–H groups in total. The second-order valence-corrected chi connectivity index (χ2v) is 4.99. The Kier molecular flexibility index (Phi) is 3.69. The van der Waals surface area contributed by atoms with Gasteiger partial charge in [0.05, 0.1) is 7.11 Å². The molecule has 0 aromatic heterocycles. The van der Waals surface area contributed by atoms with Crippen LogP contribution >= 0.6 is 0 Å². The molecule has 0 heterocycles. The molecule has 3 aromatic rings. The molecule has 0 aliphatic heterocycles. The van der Waals surface area contributed by atoms with Crippen LogP contribution in [-0.4, -0.2) is 7.11 Å². The van der Waals surface area contributed by atoms with E-state index in [2.05, 4.69) is 54.6 Å². The Bertz CT molecular complexity index is 693. The van der Waals surface area contributed by atoms with Gasteiger partial charge in [0.15, 0.2) is 0 Å². The maximum Gasteiger partial charge on any atom is 0.118 e. The van der Waals surface area contributed by atoms with Crippen molar-refractivity contribution >= 4 is 10.8 Å². The number of aryl methyl sites for hydroxylation is 2. The molecule has 0 saturated heterocycles. The number of rotatable bonds is 4. The maximum absolute atomic E-state index is 5.19. The quantitative estimate of drug-likeness (QED) is 0.666. The fraction of sp³-hybridized carbons (Fsp3) is 0.158. The normalized spacial score (nSPS) is 10.7. The van der Waals surface area contributed by atoms with E-state index >= 15 is 0 Å². The molecule has 0 unspecified atom stereocenters. The fourth-order valence-corrected chi connectivity index (χ4v) is 2.58. The lowest BCUT2D eigenvalue weighted by Gasteiger charge is -2.07. The predicted molar refractivity (Wildman–Crippen MR) is 84.4 cm³/mol.